The second-order valence-electron chi connectivity index (χ2n) is 4.46. The van der Waals surface area contributed by atoms with Gasteiger partial charge in [-0.05, 0) is 18.6 Å². The zero-order valence-corrected chi connectivity index (χ0v) is 12.9. The topological polar surface area (TPSA) is 88.5 Å². The van der Waals surface area contributed by atoms with Crippen LogP contribution in [0.15, 0.2) is 29.6 Å². The van der Waals surface area contributed by atoms with Crippen molar-refractivity contribution in [1.29, 1.82) is 0 Å². The van der Waals surface area contributed by atoms with Gasteiger partial charge >= 0.3 is 5.97 Å². The molecule has 0 spiro atoms. The summed E-state index contributed by atoms with van der Waals surface area (Å²) in [6.07, 6.45) is 0. The fraction of sp³-hybridized carbons (Fsp3) is 0.267. The van der Waals surface area contributed by atoms with E-state index in [1.54, 1.807) is 0 Å². The number of nitrogens with one attached hydrogen (secondary N) is 1. The molecular weight excluding hydrogens is 304 g/mol. The Balaban J connectivity index is 2.03. The number of aromatic nitrogens is 1. The number of hydrogen-bond acceptors (Lipinski definition) is 5. The predicted octanol–water partition coefficient (Wildman–Crippen LogP) is 2.16. The lowest BCUT2D eigenvalue weighted by molar-refractivity contribution is -0.125. The van der Waals surface area contributed by atoms with E-state index in [2.05, 4.69) is 10.3 Å². The van der Waals surface area contributed by atoms with E-state index in [1.165, 1.54) is 16.7 Å². The number of benzene rings is 1. The Bertz CT molecular complexity index is 669. The number of carbonyl (C=O) groups excluding carboxylic acids is 1. The average molecular weight is 320 g/mol. The van der Waals surface area contributed by atoms with Crippen LogP contribution in [0.5, 0.6) is 0 Å². The van der Waals surface area contributed by atoms with Gasteiger partial charge in [-0.25, -0.2) is 9.78 Å². The van der Waals surface area contributed by atoms with Crippen molar-refractivity contribution in [3.8, 4) is 10.6 Å². The van der Waals surface area contributed by atoms with Crippen molar-refractivity contribution in [2.75, 3.05) is 13.2 Å². The highest BCUT2D eigenvalue weighted by Gasteiger charge is 2.10. The quantitative estimate of drug-likeness (QED) is 0.816. The van der Waals surface area contributed by atoms with Crippen molar-refractivity contribution in [3.05, 3.63) is 40.9 Å². The van der Waals surface area contributed by atoms with Gasteiger partial charge in [-0.3, -0.25) is 4.79 Å². The Kier molecular flexibility index (Phi) is 5.62. The van der Waals surface area contributed by atoms with Gasteiger partial charge in [-0.1, -0.05) is 18.2 Å². The van der Waals surface area contributed by atoms with Crippen molar-refractivity contribution in [3.63, 3.8) is 0 Å². The summed E-state index contributed by atoms with van der Waals surface area (Å²) >= 11 is 1.28. The van der Waals surface area contributed by atoms with E-state index in [1.807, 2.05) is 31.2 Å². The van der Waals surface area contributed by atoms with Gasteiger partial charge in [0.15, 0.2) is 5.69 Å². The van der Waals surface area contributed by atoms with Gasteiger partial charge in [0.1, 0.15) is 11.6 Å². The van der Waals surface area contributed by atoms with Gasteiger partial charge in [0.2, 0.25) is 5.91 Å². The molecule has 1 heterocycles. The van der Waals surface area contributed by atoms with Crippen molar-refractivity contribution < 1.29 is 19.4 Å². The molecule has 1 amide bonds. The Morgan fingerprint density at radius 2 is 2.23 bits per heavy atom. The second kappa shape index (κ2) is 7.67. The van der Waals surface area contributed by atoms with Gasteiger partial charge in [0, 0.05) is 24.1 Å². The number of carbonyl (C=O) groups is 2. The summed E-state index contributed by atoms with van der Waals surface area (Å²) in [5.41, 5.74) is 1.78. The van der Waals surface area contributed by atoms with Crippen LogP contribution >= 0.6 is 11.3 Å². The first-order chi connectivity index (χ1) is 10.6. The van der Waals surface area contributed by atoms with Crippen LogP contribution in [0.2, 0.25) is 0 Å². The molecule has 0 radical (unpaired) electrons. The third-order valence-corrected chi connectivity index (χ3v) is 3.72. The van der Waals surface area contributed by atoms with E-state index in [0.29, 0.717) is 18.2 Å². The third kappa shape index (κ3) is 4.37. The Morgan fingerprint density at radius 3 is 2.91 bits per heavy atom. The lowest BCUT2D eigenvalue weighted by Gasteiger charge is -2.06. The summed E-state index contributed by atoms with van der Waals surface area (Å²) in [6, 6.07) is 7.47. The highest BCUT2D eigenvalue weighted by molar-refractivity contribution is 7.13. The number of nitrogens with zero attached hydrogens (tertiary/aromatic N) is 1. The number of ether oxygens (including phenoxy) is 1. The Morgan fingerprint density at radius 1 is 1.41 bits per heavy atom. The van der Waals surface area contributed by atoms with E-state index >= 15 is 0 Å². The smallest absolute Gasteiger partial charge is 0.355 e. The van der Waals surface area contributed by atoms with Gasteiger partial charge in [-0.15, -0.1) is 11.3 Å². The van der Waals surface area contributed by atoms with E-state index in [9.17, 15) is 9.59 Å². The van der Waals surface area contributed by atoms with Crippen molar-refractivity contribution in [1.82, 2.24) is 10.3 Å². The summed E-state index contributed by atoms with van der Waals surface area (Å²) in [7, 11) is 0. The number of thiazole rings is 1. The molecule has 2 N–H and O–H groups in total. The van der Waals surface area contributed by atoms with Gasteiger partial charge in [0.25, 0.3) is 0 Å². The molecule has 1 aromatic heterocycles. The van der Waals surface area contributed by atoms with E-state index in [4.69, 9.17) is 9.84 Å². The summed E-state index contributed by atoms with van der Waals surface area (Å²) in [5.74, 6) is -1.21. The van der Waals surface area contributed by atoms with Crippen LogP contribution in [-0.4, -0.2) is 35.2 Å². The van der Waals surface area contributed by atoms with Crippen LogP contribution < -0.4 is 5.32 Å². The van der Waals surface area contributed by atoms with Crippen LogP contribution in [0, 0.1) is 0 Å². The lowest BCUT2D eigenvalue weighted by atomic mass is 10.1. The molecule has 1 aromatic carbocycles. The largest absolute Gasteiger partial charge is 0.476 e. The molecule has 2 aromatic rings. The van der Waals surface area contributed by atoms with Crippen LogP contribution in [0.3, 0.4) is 0 Å². The molecule has 0 unspecified atom stereocenters. The maximum absolute atomic E-state index is 11.5. The molecule has 2 rings (SSSR count). The van der Waals surface area contributed by atoms with Crippen LogP contribution in [0.1, 0.15) is 23.0 Å². The molecule has 0 aliphatic heterocycles. The summed E-state index contributed by atoms with van der Waals surface area (Å²) in [4.78, 5) is 26.4. The number of carboxylic acids is 1. The summed E-state index contributed by atoms with van der Waals surface area (Å²) < 4.78 is 5.03. The first-order valence-corrected chi connectivity index (χ1v) is 7.60. The van der Waals surface area contributed by atoms with Gasteiger partial charge in [0.05, 0.1) is 0 Å². The zero-order chi connectivity index (χ0) is 15.9. The van der Waals surface area contributed by atoms with Crippen LogP contribution in [0.4, 0.5) is 0 Å². The lowest BCUT2D eigenvalue weighted by Crippen LogP contribution is -2.27. The monoisotopic (exact) mass is 320 g/mol. The Labute approximate surface area is 131 Å². The van der Waals surface area contributed by atoms with Crippen molar-refractivity contribution in [2.45, 2.75) is 13.5 Å². The second-order valence-corrected chi connectivity index (χ2v) is 5.32. The maximum atomic E-state index is 11.5. The average Bonchev–Trinajstić information content (AvgIpc) is 3.01. The van der Waals surface area contributed by atoms with Crippen molar-refractivity contribution in [2.24, 2.45) is 0 Å². The fourth-order valence-corrected chi connectivity index (χ4v) is 2.56. The predicted molar refractivity (Wildman–Crippen MR) is 82.8 cm³/mol. The van der Waals surface area contributed by atoms with E-state index in [0.717, 1.165) is 11.1 Å². The number of hydrogen-bond donors (Lipinski definition) is 2. The van der Waals surface area contributed by atoms with Gasteiger partial charge in [-0.2, -0.15) is 0 Å². The molecule has 116 valence electrons. The Hall–Kier alpha value is -2.25. The van der Waals surface area contributed by atoms with E-state index < -0.39 is 5.97 Å². The molecule has 0 saturated heterocycles. The number of carboxylic acid groups (broad SMARTS) is 1. The van der Waals surface area contributed by atoms with E-state index in [-0.39, 0.29) is 18.2 Å². The highest BCUT2D eigenvalue weighted by Crippen LogP contribution is 2.24. The zero-order valence-electron chi connectivity index (χ0n) is 12.0. The normalized spacial score (nSPS) is 10.4. The summed E-state index contributed by atoms with van der Waals surface area (Å²) in [6.45, 7) is 2.76. The van der Waals surface area contributed by atoms with Gasteiger partial charge < -0.3 is 15.2 Å². The minimum Gasteiger partial charge on any atom is -0.476 e. The maximum Gasteiger partial charge on any atom is 0.355 e. The molecule has 22 heavy (non-hydrogen) atoms. The molecular formula is C15H16N2O4S. The standard InChI is InChI=1S/C15H16N2O4S/c1-2-21-8-13(18)16-7-10-4-3-5-11(6-10)14-17-12(9-22-14)15(19)20/h3-6,9H,2,7-8H2,1H3,(H,16,18)(H,19,20). The third-order valence-electron chi connectivity index (χ3n) is 2.82. The minimum atomic E-state index is -1.04. The van der Waals surface area contributed by atoms with Crippen LogP contribution in [0.25, 0.3) is 10.6 Å². The molecule has 0 fully saturated rings. The number of aromatic carboxylic acids is 1. The SMILES string of the molecule is CCOCC(=O)NCc1cccc(-c2nc(C(=O)O)cs2)c1. The first-order valence-electron chi connectivity index (χ1n) is 6.72. The molecule has 0 saturated carbocycles. The fourth-order valence-electron chi connectivity index (χ4n) is 1.77. The molecule has 6 nitrogen and oxygen atoms in total. The number of rotatable bonds is 7. The van der Waals surface area contributed by atoms with Crippen molar-refractivity contribution >= 4 is 23.2 Å². The molecule has 0 aliphatic carbocycles. The molecule has 7 heteroatoms. The minimum absolute atomic E-state index is 0.0374. The summed E-state index contributed by atoms with van der Waals surface area (Å²) in [5, 5.41) is 13.8. The molecule has 0 bridgehead atoms. The molecule has 0 aliphatic rings. The first kappa shape index (κ1) is 16.1. The number of amides is 1. The molecule has 0 atom stereocenters. The van der Waals surface area contributed by atoms with Crippen LogP contribution in [-0.2, 0) is 16.1 Å². The highest BCUT2D eigenvalue weighted by atomic mass is 32.1.